The van der Waals surface area contributed by atoms with Gasteiger partial charge in [0.05, 0.1) is 0 Å². The van der Waals surface area contributed by atoms with Gasteiger partial charge in [-0.05, 0) is 12.9 Å². The smallest absolute Gasteiger partial charge is 0.109 e. The lowest BCUT2D eigenvalue weighted by Crippen LogP contribution is -1.82. The van der Waals surface area contributed by atoms with Crippen LogP contribution in [0.15, 0.2) is 6.20 Å². The zero-order chi connectivity index (χ0) is 5.82. The molecule has 1 heterocycles. The molecule has 0 amide bonds. The topological polar surface area (TPSA) is 50.8 Å². The molecule has 1 rings (SSSR count). The van der Waals surface area contributed by atoms with Gasteiger partial charge < -0.3 is 4.18 Å². The Hall–Kier alpha value is -0.550. The van der Waals surface area contributed by atoms with Crippen molar-refractivity contribution < 1.29 is 4.18 Å². The lowest BCUT2D eigenvalue weighted by molar-refractivity contribution is 0.365. The lowest BCUT2D eigenvalue weighted by Gasteiger charge is -1.84. The van der Waals surface area contributed by atoms with Crippen LogP contribution in [-0.2, 0) is 10.8 Å². The maximum Gasteiger partial charge on any atom is 0.109 e. The molecule has 0 bridgehead atoms. The third-order valence-electron chi connectivity index (χ3n) is 0.680. The molecule has 0 saturated carbocycles. The van der Waals surface area contributed by atoms with Crippen LogP contribution >= 0.6 is 12.9 Å². The molecular weight excluding hydrogens is 126 g/mol. The second kappa shape index (κ2) is 2.68. The minimum atomic E-state index is 0.389. The molecule has 5 heteroatoms. The van der Waals surface area contributed by atoms with Gasteiger partial charge in [0, 0.05) is 6.20 Å². The molecule has 0 fully saturated rings. The first-order chi connectivity index (χ1) is 3.93. The highest BCUT2D eigenvalue weighted by Crippen LogP contribution is 1.92. The van der Waals surface area contributed by atoms with E-state index < -0.39 is 0 Å². The highest BCUT2D eigenvalue weighted by Gasteiger charge is 1.90. The van der Waals surface area contributed by atoms with E-state index in [4.69, 9.17) is 0 Å². The number of hydrogen-bond donors (Lipinski definition) is 2. The van der Waals surface area contributed by atoms with Crippen molar-refractivity contribution in [1.29, 1.82) is 0 Å². The third kappa shape index (κ3) is 1.21. The minimum Gasteiger partial charge on any atom is -0.312 e. The van der Waals surface area contributed by atoms with E-state index >= 15 is 0 Å². The number of hydrogen-bond acceptors (Lipinski definition) is 4. The SMILES string of the molecule is SOCc1c[nH]nn1. The number of rotatable bonds is 2. The highest BCUT2D eigenvalue weighted by atomic mass is 32.1. The Kier molecular flexibility index (Phi) is 1.87. The van der Waals surface area contributed by atoms with Gasteiger partial charge in [-0.2, -0.15) is 0 Å². The van der Waals surface area contributed by atoms with Crippen molar-refractivity contribution in [1.82, 2.24) is 15.4 Å². The van der Waals surface area contributed by atoms with E-state index in [2.05, 4.69) is 32.5 Å². The molecule has 0 atom stereocenters. The van der Waals surface area contributed by atoms with Crippen LogP contribution in [-0.4, -0.2) is 15.4 Å². The predicted octanol–water partition coefficient (Wildman–Crippen LogP) is 0.166. The van der Waals surface area contributed by atoms with Crippen LogP contribution < -0.4 is 0 Å². The maximum absolute atomic E-state index is 4.46. The van der Waals surface area contributed by atoms with Crippen molar-refractivity contribution >= 4 is 12.9 Å². The summed E-state index contributed by atoms with van der Waals surface area (Å²) in [6.45, 7) is 0.389. The first-order valence-corrected chi connectivity index (χ1v) is 2.41. The zero-order valence-electron chi connectivity index (χ0n) is 4.03. The molecule has 0 saturated heterocycles. The van der Waals surface area contributed by atoms with E-state index in [0.717, 1.165) is 5.69 Å². The fourth-order valence-electron chi connectivity index (χ4n) is 0.362. The summed E-state index contributed by atoms with van der Waals surface area (Å²) in [5.41, 5.74) is 0.750. The summed E-state index contributed by atoms with van der Waals surface area (Å²) in [6, 6.07) is 0. The van der Waals surface area contributed by atoms with Gasteiger partial charge in [-0.1, -0.05) is 5.21 Å². The quantitative estimate of drug-likeness (QED) is 0.444. The van der Waals surface area contributed by atoms with Crippen molar-refractivity contribution in [3.05, 3.63) is 11.9 Å². The van der Waals surface area contributed by atoms with Gasteiger partial charge in [0.25, 0.3) is 0 Å². The van der Waals surface area contributed by atoms with Crippen LogP contribution in [0.25, 0.3) is 0 Å². The normalized spacial score (nSPS) is 9.62. The molecule has 1 N–H and O–H groups in total. The molecule has 0 aliphatic heterocycles. The highest BCUT2D eigenvalue weighted by molar-refractivity contribution is 7.75. The standard InChI is InChI=1S/C3H5N3OS/c8-7-2-3-1-4-6-5-3/h1,8H,2H2,(H,4,5,6). The molecule has 44 valence electrons. The van der Waals surface area contributed by atoms with E-state index in [-0.39, 0.29) is 0 Å². The Morgan fingerprint density at radius 3 is 3.25 bits per heavy atom. The molecule has 0 aliphatic rings. The third-order valence-corrected chi connectivity index (χ3v) is 0.809. The molecule has 0 radical (unpaired) electrons. The summed E-state index contributed by atoms with van der Waals surface area (Å²) in [5.74, 6) is 0. The fraction of sp³-hybridized carbons (Fsp3) is 0.333. The number of thiol groups is 1. The Morgan fingerprint density at radius 1 is 1.88 bits per heavy atom. The summed E-state index contributed by atoms with van der Waals surface area (Å²) >= 11 is 3.53. The summed E-state index contributed by atoms with van der Waals surface area (Å²) in [7, 11) is 0. The number of H-pyrrole nitrogens is 1. The predicted molar refractivity (Wildman–Crippen MR) is 30.2 cm³/mol. The van der Waals surface area contributed by atoms with E-state index in [0.29, 0.717) is 6.61 Å². The van der Waals surface area contributed by atoms with Crippen molar-refractivity contribution in [3.8, 4) is 0 Å². The second-order valence-corrected chi connectivity index (χ2v) is 1.50. The Labute approximate surface area is 51.9 Å². The number of aromatic amines is 1. The van der Waals surface area contributed by atoms with Gasteiger partial charge in [-0.3, -0.25) is 5.10 Å². The Balaban J connectivity index is 2.50. The number of nitrogens with zero attached hydrogens (tertiary/aromatic N) is 2. The molecule has 0 spiro atoms. The molecule has 1 aromatic rings. The fourth-order valence-corrected chi connectivity index (χ4v) is 0.494. The molecule has 1 aromatic heterocycles. The monoisotopic (exact) mass is 131 g/mol. The molecular formula is C3H5N3OS. The van der Waals surface area contributed by atoms with Crippen LogP contribution in [0.1, 0.15) is 5.69 Å². The Bertz CT molecular complexity index is 140. The van der Waals surface area contributed by atoms with Crippen LogP contribution in [0.2, 0.25) is 0 Å². The van der Waals surface area contributed by atoms with Gasteiger partial charge >= 0.3 is 0 Å². The van der Waals surface area contributed by atoms with E-state index in [1.165, 1.54) is 0 Å². The second-order valence-electron chi connectivity index (χ2n) is 1.24. The minimum absolute atomic E-state index is 0.389. The maximum atomic E-state index is 4.46. The molecule has 4 nitrogen and oxygen atoms in total. The van der Waals surface area contributed by atoms with Gasteiger partial charge in [-0.15, -0.1) is 5.10 Å². The van der Waals surface area contributed by atoms with Crippen LogP contribution in [0.4, 0.5) is 0 Å². The molecule has 0 unspecified atom stereocenters. The van der Waals surface area contributed by atoms with Crippen molar-refractivity contribution in [2.24, 2.45) is 0 Å². The van der Waals surface area contributed by atoms with Gasteiger partial charge in [0.1, 0.15) is 12.3 Å². The van der Waals surface area contributed by atoms with Crippen LogP contribution in [0.5, 0.6) is 0 Å². The Morgan fingerprint density at radius 2 is 2.75 bits per heavy atom. The first kappa shape index (κ1) is 5.58. The largest absolute Gasteiger partial charge is 0.312 e. The average Bonchev–Trinajstić information content (AvgIpc) is 2.19. The summed E-state index contributed by atoms with van der Waals surface area (Å²) < 4.78 is 4.46. The van der Waals surface area contributed by atoms with Crippen LogP contribution in [0.3, 0.4) is 0 Å². The molecule has 0 aromatic carbocycles. The van der Waals surface area contributed by atoms with Crippen LogP contribution in [0, 0.1) is 0 Å². The number of aromatic nitrogens is 3. The van der Waals surface area contributed by atoms with E-state index in [9.17, 15) is 0 Å². The van der Waals surface area contributed by atoms with Crippen molar-refractivity contribution in [2.45, 2.75) is 6.61 Å². The zero-order valence-corrected chi connectivity index (χ0v) is 4.93. The lowest BCUT2D eigenvalue weighted by atomic mass is 10.5. The molecule has 8 heavy (non-hydrogen) atoms. The molecule has 0 aliphatic carbocycles. The summed E-state index contributed by atoms with van der Waals surface area (Å²) in [6.07, 6.45) is 1.65. The first-order valence-electron chi connectivity index (χ1n) is 2.05. The summed E-state index contributed by atoms with van der Waals surface area (Å²) in [5, 5.41) is 9.62. The van der Waals surface area contributed by atoms with Crippen molar-refractivity contribution in [3.63, 3.8) is 0 Å². The van der Waals surface area contributed by atoms with Crippen molar-refractivity contribution in [2.75, 3.05) is 0 Å². The van der Waals surface area contributed by atoms with E-state index in [1.54, 1.807) is 6.20 Å². The number of nitrogens with one attached hydrogen (secondary N) is 1. The van der Waals surface area contributed by atoms with E-state index in [1.807, 2.05) is 0 Å². The summed E-state index contributed by atoms with van der Waals surface area (Å²) in [4.78, 5) is 0. The average molecular weight is 131 g/mol. The van der Waals surface area contributed by atoms with Gasteiger partial charge in [-0.25, -0.2) is 0 Å². The van der Waals surface area contributed by atoms with Gasteiger partial charge in [0.2, 0.25) is 0 Å². The van der Waals surface area contributed by atoms with Gasteiger partial charge in [0.15, 0.2) is 0 Å².